The predicted octanol–water partition coefficient (Wildman–Crippen LogP) is 3.86. The molecule has 0 saturated carbocycles. The lowest BCUT2D eigenvalue weighted by atomic mass is 9.86. The van der Waals surface area contributed by atoms with Crippen molar-refractivity contribution in [2.45, 2.75) is 25.2 Å². The smallest absolute Gasteiger partial charge is 0.320 e. The van der Waals surface area contributed by atoms with Gasteiger partial charge in [0.15, 0.2) is 5.92 Å². The highest BCUT2D eigenvalue weighted by Gasteiger charge is 2.27. The van der Waals surface area contributed by atoms with Crippen LogP contribution in [0.25, 0.3) is 0 Å². The molecule has 126 valence electrons. The molecule has 0 spiro atoms. The third-order valence-corrected chi connectivity index (χ3v) is 4.17. The van der Waals surface area contributed by atoms with Crippen molar-refractivity contribution in [3.63, 3.8) is 0 Å². The quantitative estimate of drug-likeness (QED) is 0.591. The van der Waals surface area contributed by atoms with Crippen LogP contribution in [0.15, 0.2) is 60.7 Å². The summed E-state index contributed by atoms with van der Waals surface area (Å²) in [4.78, 5) is 22.8. The summed E-state index contributed by atoms with van der Waals surface area (Å²) >= 11 is 0. The van der Waals surface area contributed by atoms with Gasteiger partial charge in [-0.3, -0.25) is 9.59 Å². The number of rotatable bonds is 8. The number of carbonyl (C=O) groups is 2. The molecule has 2 aromatic rings. The second-order valence-electron chi connectivity index (χ2n) is 5.72. The number of aliphatic carboxylic acids is 1. The number of carbonyl (C=O) groups excluding carboxylic acids is 1. The second kappa shape index (κ2) is 8.87. The highest BCUT2D eigenvalue weighted by molar-refractivity contribution is 5.93. The van der Waals surface area contributed by atoms with Gasteiger partial charge in [-0.15, -0.1) is 0 Å². The predicted molar refractivity (Wildman–Crippen MR) is 91.7 cm³/mol. The standard InChI is InChI=1S/C20H22O4/c1-24-20(23)18(19(21)22)14-8-13-17(15-9-4-2-5-10-15)16-11-6-3-7-12-16/h2-7,9-12,17-18H,8,13-14H2,1H3,(H,21,22). The SMILES string of the molecule is COC(=O)C(CCCC(c1ccccc1)c1ccccc1)C(=O)O. The van der Waals surface area contributed by atoms with Crippen molar-refractivity contribution in [3.05, 3.63) is 71.8 Å². The van der Waals surface area contributed by atoms with Crippen LogP contribution < -0.4 is 0 Å². The number of esters is 1. The molecule has 1 atom stereocenters. The Kier molecular flexibility index (Phi) is 6.55. The molecule has 0 bridgehead atoms. The monoisotopic (exact) mass is 326 g/mol. The molecule has 0 aliphatic rings. The molecular weight excluding hydrogens is 304 g/mol. The number of hydrogen-bond acceptors (Lipinski definition) is 3. The molecule has 1 unspecified atom stereocenters. The topological polar surface area (TPSA) is 63.6 Å². The molecule has 2 aromatic carbocycles. The fourth-order valence-electron chi connectivity index (χ4n) is 2.91. The molecule has 0 saturated heterocycles. The minimum Gasteiger partial charge on any atom is -0.481 e. The zero-order valence-corrected chi connectivity index (χ0v) is 13.7. The highest BCUT2D eigenvalue weighted by atomic mass is 16.5. The summed E-state index contributed by atoms with van der Waals surface area (Å²) < 4.78 is 4.58. The van der Waals surface area contributed by atoms with E-state index in [0.29, 0.717) is 6.42 Å². The molecule has 2 rings (SSSR count). The third kappa shape index (κ3) is 4.69. The maximum atomic E-state index is 11.6. The number of benzene rings is 2. The summed E-state index contributed by atoms with van der Waals surface area (Å²) in [5, 5.41) is 9.17. The van der Waals surface area contributed by atoms with Crippen LogP contribution in [-0.4, -0.2) is 24.2 Å². The van der Waals surface area contributed by atoms with Gasteiger partial charge < -0.3 is 9.84 Å². The lowest BCUT2D eigenvalue weighted by Gasteiger charge is -2.19. The normalized spacial score (nSPS) is 11.9. The van der Waals surface area contributed by atoms with Crippen LogP contribution >= 0.6 is 0 Å². The number of carboxylic acid groups (broad SMARTS) is 1. The lowest BCUT2D eigenvalue weighted by Crippen LogP contribution is -2.25. The molecule has 0 heterocycles. The highest BCUT2D eigenvalue weighted by Crippen LogP contribution is 2.30. The van der Waals surface area contributed by atoms with Gasteiger partial charge in [-0.25, -0.2) is 0 Å². The van der Waals surface area contributed by atoms with Crippen LogP contribution in [0.1, 0.15) is 36.3 Å². The summed E-state index contributed by atoms with van der Waals surface area (Å²) in [7, 11) is 1.22. The van der Waals surface area contributed by atoms with Crippen molar-refractivity contribution >= 4 is 11.9 Å². The van der Waals surface area contributed by atoms with Crippen molar-refractivity contribution in [3.8, 4) is 0 Å². The fraction of sp³-hybridized carbons (Fsp3) is 0.300. The van der Waals surface area contributed by atoms with E-state index in [2.05, 4.69) is 29.0 Å². The van der Waals surface area contributed by atoms with Gasteiger partial charge in [0.25, 0.3) is 0 Å². The van der Waals surface area contributed by atoms with Gasteiger partial charge in [0.1, 0.15) is 0 Å². The van der Waals surface area contributed by atoms with Gasteiger partial charge in [-0.1, -0.05) is 67.1 Å². The Balaban J connectivity index is 2.10. The maximum Gasteiger partial charge on any atom is 0.320 e. The summed E-state index contributed by atoms with van der Waals surface area (Å²) in [6.45, 7) is 0. The molecule has 4 nitrogen and oxygen atoms in total. The lowest BCUT2D eigenvalue weighted by molar-refractivity contribution is -0.157. The van der Waals surface area contributed by atoms with Crippen molar-refractivity contribution in [2.75, 3.05) is 7.11 Å². The summed E-state index contributed by atoms with van der Waals surface area (Å²) in [5.41, 5.74) is 2.38. The number of hydrogen-bond donors (Lipinski definition) is 1. The van der Waals surface area contributed by atoms with Gasteiger partial charge >= 0.3 is 11.9 Å². The van der Waals surface area contributed by atoms with E-state index in [9.17, 15) is 14.7 Å². The Labute approximate surface area is 142 Å². The van der Waals surface area contributed by atoms with Gasteiger partial charge in [-0.05, 0) is 24.0 Å². The molecule has 24 heavy (non-hydrogen) atoms. The average molecular weight is 326 g/mol. The van der Waals surface area contributed by atoms with E-state index >= 15 is 0 Å². The maximum absolute atomic E-state index is 11.6. The van der Waals surface area contributed by atoms with Crippen molar-refractivity contribution < 1.29 is 19.4 Å². The molecule has 1 N–H and O–H groups in total. The van der Waals surface area contributed by atoms with E-state index in [1.54, 1.807) is 0 Å². The minimum absolute atomic E-state index is 0.180. The van der Waals surface area contributed by atoms with Crippen molar-refractivity contribution in [1.29, 1.82) is 0 Å². The van der Waals surface area contributed by atoms with Crippen LogP contribution in [0.5, 0.6) is 0 Å². The molecule has 0 fully saturated rings. The first-order chi connectivity index (χ1) is 11.6. The Bertz CT molecular complexity index is 612. The second-order valence-corrected chi connectivity index (χ2v) is 5.72. The zero-order valence-electron chi connectivity index (χ0n) is 13.7. The fourth-order valence-corrected chi connectivity index (χ4v) is 2.91. The van der Waals surface area contributed by atoms with Crippen LogP contribution in [-0.2, 0) is 14.3 Å². The number of carboxylic acids is 1. The molecular formula is C20H22O4. The summed E-state index contributed by atoms with van der Waals surface area (Å²) in [5.74, 6) is -2.72. The van der Waals surface area contributed by atoms with Crippen LogP contribution in [0.4, 0.5) is 0 Å². The van der Waals surface area contributed by atoms with E-state index < -0.39 is 17.9 Å². The van der Waals surface area contributed by atoms with Gasteiger partial charge in [0, 0.05) is 5.92 Å². The van der Waals surface area contributed by atoms with Crippen LogP contribution in [0, 0.1) is 5.92 Å². The van der Waals surface area contributed by atoms with Gasteiger partial charge in [-0.2, -0.15) is 0 Å². The molecule has 0 aliphatic carbocycles. The van der Waals surface area contributed by atoms with E-state index in [0.717, 1.165) is 6.42 Å². The van der Waals surface area contributed by atoms with E-state index in [-0.39, 0.29) is 12.3 Å². The van der Waals surface area contributed by atoms with Crippen molar-refractivity contribution in [2.24, 2.45) is 5.92 Å². The van der Waals surface area contributed by atoms with E-state index in [1.807, 2.05) is 36.4 Å². The molecule has 0 amide bonds. The number of methoxy groups -OCH3 is 1. The Morgan fingerprint density at radius 1 is 0.917 bits per heavy atom. The van der Waals surface area contributed by atoms with Crippen LogP contribution in [0.2, 0.25) is 0 Å². The van der Waals surface area contributed by atoms with Gasteiger partial charge in [0.2, 0.25) is 0 Å². The average Bonchev–Trinajstić information content (AvgIpc) is 2.62. The van der Waals surface area contributed by atoms with E-state index in [1.165, 1.54) is 18.2 Å². The first kappa shape index (κ1) is 17.7. The zero-order chi connectivity index (χ0) is 17.4. The first-order valence-electron chi connectivity index (χ1n) is 8.04. The Morgan fingerprint density at radius 2 is 1.42 bits per heavy atom. The number of ether oxygens (including phenoxy) is 1. The Hall–Kier alpha value is -2.62. The Morgan fingerprint density at radius 3 is 1.83 bits per heavy atom. The molecule has 0 radical (unpaired) electrons. The summed E-state index contributed by atoms with van der Waals surface area (Å²) in [6.07, 6.45) is 1.67. The molecule has 0 aliphatic heterocycles. The van der Waals surface area contributed by atoms with Crippen LogP contribution in [0.3, 0.4) is 0 Å². The largest absolute Gasteiger partial charge is 0.481 e. The minimum atomic E-state index is -1.13. The van der Waals surface area contributed by atoms with Gasteiger partial charge in [0.05, 0.1) is 7.11 Å². The third-order valence-electron chi connectivity index (χ3n) is 4.17. The van der Waals surface area contributed by atoms with Crippen molar-refractivity contribution in [1.82, 2.24) is 0 Å². The summed E-state index contributed by atoms with van der Waals surface area (Å²) in [6, 6.07) is 20.3. The first-order valence-corrected chi connectivity index (χ1v) is 8.04. The molecule has 4 heteroatoms. The van der Waals surface area contributed by atoms with E-state index in [4.69, 9.17) is 0 Å². The molecule has 0 aromatic heterocycles.